The van der Waals surface area contributed by atoms with Crippen molar-refractivity contribution in [2.24, 2.45) is 0 Å². The molecule has 0 saturated heterocycles. The number of aromatic nitrogens is 2. The van der Waals surface area contributed by atoms with E-state index in [2.05, 4.69) is 20.8 Å². The lowest BCUT2D eigenvalue weighted by Gasteiger charge is -2.17. The fourth-order valence-electron chi connectivity index (χ4n) is 3.05. The van der Waals surface area contributed by atoms with Gasteiger partial charge in [0.15, 0.2) is 0 Å². The van der Waals surface area contributed by atoms with Crippen LogP contribution in [0.2, 0.25) is 0 Å². The maximum Gasteiger partial charge on any atom is 0.267 e. The summed E-state index contributed by atoms with van der Waals surface area (Å²) in [6.45, 7) is 1.20. The zero-order valence-electron chi connectivity index (χ0n) is 13.6. The molecule has 126 valence electrons. The minimum atomic E-state index is -0.110. The maximum absolute atomic E-state index is 12.1. The van der Waals surface area contributed by atoms with Gasteiger partial charge in [0.2, 0.25) is 5.91 Å². The van der Waals surface area contributed by atoms with Crippen LogP contribution in [0.3, 0.4) is 0 Å². The second-order valence-electron chi connectivity index (χ2n) is 5.98. The Hall–Kier alpha value is -2.63. The van der Waals surface area contributed by atoms with Crippen molar-refractivity contribution in [1.29, 1.82) is 0 Å². The molecular weight excluding hydrogens is 304 g/mol. The quantitative estimate of drug-likeness (QED) is 0.701. The Morgan fingerprint density at radius 1 is 1.08 bits per heavy atom. The molecular formula is C18H22N4O2. The molecule has 2 aromatic rings. The molecule has 1 amide bonds. The maximum atomic E-state index is 12.1. The number of anilines is 1. The predicted molar refractivity (Wildman–Crippen MR) is 93.1 cm³/mol. The molecule has 3 N–H and O–H groups in total. The summed E-state index contributed by atoms with van der Waals surface area (Å²) < 4.78 is 0. The van der Waals surface area contributed by atoms with Gasteiger partial charge >= 0.3 is 0 Å². The van der Waals surface area contributed by atoms with Crippen LogP contribution in [0.25, 0.3) is 0 Å². The SMILES string of the molecule is O=C(Cc1n[nH]c(=O)c2c1CCCC2)NCCNc1ccccc1. The first-order chi connectivity index (χ1) is 11.7. The number of aromatic amines is 1. The Labute approximate surface area is 140 Å². The smallest absolute Gasteiger partial charge is 0.267 e. The van der Waals surface area contributed by atoms with Gasteiger partial charge in [-0.05, 0) is 43.4 Å². The van der Waals surface area contributed by atoms with Crippen molar-refractivity contribution in [1.82, 2.24) is 15.5 Å². The van der Waals surface area contributed by atoms with Gasteiger partial charge in [0.1, 0.15) is 0 Å². The number of nitrogens with one attached hydrogen (secondary N) is 3. The first-order valence-corrected chi connectivity index (χ1v) is 8.39. The Kier molecular flexibility index (Phi) is 5.25. The number of carbonyl (C=O) groups is 1. The Bertz CT molecular complexity index is 755. The summed E-state index contributed by atoms with van der Waals surface area (Å²) in [5.74, 6) is -0.0721. The van der Waals surface area contributed by atoms with Crippen LogP contribution in [0.1, 0.15) is 29.7 Å². The lowest BCUT2D eigenvalue weighted by Crippen LogP contribution is -2.32. The van der Waals surface area contributed by atoms with E-state index < -0.39 is 0 Å². The summed E-state index contributed by atoms with van der Waals surface area (Å²) in [7, 11) is 0. The number of hydrogen-bond donors (Lipinski definition) is 3. The van der Waals surface area contributed by atoms with Gasteiger partial charge in [-0.15, -0.1) is 0 Å². The summed E-state index contributed by atoms with van der Waals surface area (Å²) >= 11 is 0. The highest BCUT2D eigenvalue weighted by atomic mass is 16.1. The highest BCUT2D eigenvalue weighted by molar-refractivity contribution is 5.78. The van der Waals surface area contributed by atoms with E-state index >= 15 is 0 Å². The molecule has 0 bridgehead atoms. The first-order valence-electron chi connectivity index (χ1n) is 8.39. The monoisotopic (exact) mass is 326 g/mol. The largest absolute Gasteiger partial charge is 0.383 e. The number of benzene rings is 1. The van der Waals surface area contributed by atoms with E-state index in [1.165, 1.54) is 0 Å². The second kappa shape index (κ2) is 7.77. The summed E-state index contributed by atoms with van der Waals surface area (Å²) in [6.07, 6.45) is 3.91. The lowest BCUT2D eigenvalue weighted by atomic mass is 9.91. The number of H-pyrrole nitrogens is 1. The van der Waals surface area contributed by atoms with Crippen LogP contribution in [0.4, 0.5) is 5.69 Å². The van der Waals surface area contributed by atoms with Crippen LogP contribution < -0.4 is 16.2 Å². The van der Waals surface area contributed by atoms with Crippen LogP contribution in [-0.2, 0) is 24.1 Å². The van der Waals surface area contributed by atoms with Crippen LogP contribution in [0.15, 0.2) is 35.1 Å². The molecule has 1 aliphatic carbocycles. The predicted octanol–water partition coefficient (Wildman–Crippen LogP) is 1.42. The van der Waals surface area contributed by atoms with Crippen LogP contribution >= 0.6 is 0 Å². The third kappa shape index (κ3) is 4.01. The summed E-state index contributed by atoms with van der Waals surface area (Å²) in [4.78, 5) is 23.9. The molecule has 6 nitrogen and oxygen atoms in total. The van der Waals surface area contributed by atoms with Gasteiger partial charge in [-0.25, -0.2) is 5.10 Å². The molecule has 3 rings (SSSR count). The highest BCUT2D eigenvalue weighted by Gasteiger charge is 2.19. The molecule has 0 fully saturated rings. The second-order valence-corrected chi connectivity index (χ2v) is 5.98. The average molecular weight is 326 g/mol. The molecule has 0 atom stereocenters. The molecule has 1 aliphatic rings. The number of nitrogens with zero attached hydrogens (tertiary/aromatic N) is 1. The van der Waals surface area contributed by atoms with Gasteiger partial charge < -0.3 is 10.6 Å². The third-order valence-electron chi connectivity index (χ3n) is 4.26. The van der Waals surface area contributed by atoms with Crippen molar-refractivity contribution in [2.75, 3.05) is 18.4 Å². The topological polar surface area (TPSA) is 86.9 Å². The van der Waals surface area contributed by atoms with Gasteiger partial charge in [-0.1, -0.05) is 18.2 Å². The van der Waals surface area contributed by atoms with Gasteiger partial charge in [0.05, 0.1) is 12.1 Å². The molecule has 1 heterocycles. The average Bonchev–Trinajstić information content (AvgIpc) is 2.62. The molecule has 1 aromatic carbocycles. The Balaban J connectivity index is 1.51. The number of hydrogen-bond acceptors (Lipinski definition) is 4. The fourth-order valence-corrected chi connectivity index (χ4v) is 3.05. The molecule has 0 radical (unpaired) electrons. The number of amides is 1. The molecule has 24 heavy (non-hydrogen) atoms. The van der Waals surface area contributed by atoms with Gasteiger partial charge in [-0.3, -0.25) is 9.59 Å². The van der Waals surface area contributed by atoms with Crippen molar-refractivity contribution in [3.8, 4) is 0 Å². The van der Waals surface area contributed by atoms with Crippen molar-refractivity contribution in [3.05, 3.63) is 57.5 Å². The number of para-hydroxylation sites is 1. The Morgan fingerprint density at radius 2 is 1.83 bits per heavy atom. The van der Waals surface area contributed by atoms with E-state index in [0.29, 0.717) is 18.8 Å². The summed E-state index contributed by atoms with van der Waals surface area (Å²) in [5.41, 5.74) is 3.41. The minimum Gasteiger partial charge on any atom is -0.383 e. The van der Waals surface area contributed by atoms with Gasteiger partial charge in [0, 0.05) is 24.3 Å². The van der Waals surface area contributed by atoms with E-state index in [-0.39, 0.29) is 17.9 Å². The van der Waals surface area contributed by atoms with Crippen LogP contribution in [-0.4, -0.2) is 29.2 Å². The molecule has 1 aromatic heterocycles. The standard InChI is InChI=1S/C18H22N4O2/c23-17(20-11-10-19-13-6-2-1-3-7-13)12-16-14-8-4-5-9-15(14)18(24)22-21-16/h1-3,6-7,19H,4-5,8-12H2,(H,20,23)(H,22,24). The van der Waals surface area contributed by atoms with Crippen molar-refractivity contribution >= 4 is 11.6 Å². The van der Waals surface area contributed by atoms with Gasteiger partial charge in [0.25, 0.3) is 5.56 Å². The van der Waals surface area contributed by atoms with E-state index in [9.17, 15) is 9.59 Å². The van der Waals surface area contributed by atoms with Crippen molar-refractivity contribution in [3.63, 3.8) is 0 Å². The van der Waals surface area contributed by atoms with Crippen molar-refractivity contribution < 1.29 is 4.79 Å². The van der Waals surface area contributed by atoms with Crippen molar-refractivity contribution in [2.45, 2.75) is 32.1 Å². The summed E-state index contributed by atoms with van der Waals surface area (Å²) in [5, 5.41) is 12.8. The number of rotatable bonds is 6. The zero-order chi connectivity index (χ0) is 16.8. The third-order valence-corrected chi connectivity index (χ3v) is 4.26. The molecule has 0 saturated carbocycles. The number of fused-ring (bicyclic) bond motifs is 1. The lowest BCUT2D eigenvalue weighted by molar-refractivity contribution is -0.120. The first kappa shape index (κ1) is 16.2. The highest BCUT2D eigenvalue weighted by Crippen LogP contribution is 2.20. The minimum absolute atomic E-state index is 0.0721. The molecule has 0 spiro atoms. The summed E-state index contributed by atoms with van der Waals surface area (Å²) in [6, 6.07) is 9.86. The van der Waals surface area contributed by atoms with E-state index in [0.717, 1.165) is 42.5 Å². The van der Waals surface area contributed by atoms with Crippen LogP contribution in [0.5, 0.6) is 0 Å². The Morgan fingerprint density at radius 3 is 2.62 bits per heavy atom. The fraction of sp³-hybridized carbons (Fsp3) is 0.389. The zero-order valence-corrected chi connectivity index (χ0v) is 13.6. The number of carbonyl (C=O) groups excluding carboxylic acids is 1. The molecule has 0 aliphatic heterocycles. The normalized spacial score (nSPS) is 13.2. The molecule has 0 unspecified atom stereocenters. The van der Waals surface area contributed by atoms with E-state index in [1.807, 2.05) is 30.3 Å². The van der Waals surface area contributed by atoms with E-state index in [1.54, 1.807) is 0 Å². The van der Waals surface area contributed by atoms with E-state index in [4.69, 9.17) is 0 Å². The van der Waals surface area contributed by atoms with Gasteiger partial charge in [-0.2, -0.15) is 5.10 Å². The molecule has 6 heteroatoms. The van der Waals surface area contributed by atoms with Crippen LogP contribution in [0, 0.1) is 0 Å².